The second kappa shape index (κ2) is 4.39. The van der Waals surface area contributed by atoms with Crippen molar-refractivity contribution in [3.05, 3.63) is 46.8 Å². The average molecular weight is 215 g/mol. The quantitative estimate of drug-likeness (QED) is 0.826. The lowest BCUT2D eigenvalue weighted by Crippen LogP contribution is -2.00. The van der Waals surface area contributed by atoms with E-state index in [1.165, 1.54) is 11.1 Å². The van der Waals surface area contributed by atoms with Crippen LogP contribution in [0.25, 0.3) is 0 Å². The van der Waals surface area contributed by atoms with E-state index in [9.17, 15) is 0 Å². The Morgan fingerprint density at radius 3 is 2.38 bits per heavy atom. The highest BCUT2D eigenvalue weighted by atomic mass is 15.1. The molecule has 1 heterocycles. The highest BCUT2D eigenvalue weighted by molar-refractivity contribution is 5.51. The Morgan fingerprint density at radius 1 is 1.12 bits per heavy atom. The van der Waals surface area contributed by atoms with E-state index in [1.54, 1.807) is 0 Å². The van der Waals surface area contributed by atoms with Gasteiger partial charge >= 0.3 is 0 Å². The van der Waals surface area contributed by atoms with Crippen LogP contribution in [0.5, 0.6) is 0 Å². The molecule has 1 aromatic carbocycles. The third kappa shape index (κ3) is 2.24. The van der Waals surface area contributed by atoms with E-state index in [4.69, 9.17) is 0 Å². The third-order valence-corrected chi connectivity index (χ3v) is 2.72. The number of nitrogens with zero attached hydrogens (tertiary/aromatic N) is 1. The molecule has 0 aliphatic rings. The largest absolute Gasteiger partial charge is 0.378 e. The molecule has 0 saturated carbocycles. The minimum atomic E-state index is 0.835. The smallest absolute Gasteiger partial charge is 0.0825 e. The predicted molar refractivity (Wildman–Crippen MR) is 66.6 cm³/mol. The van der Waals surface area contributed by atoms with Crippen LogP contribution in [-0.4, -0.2) is 10.2 Å². The van der Waals surface area contributed by atoms with Crippen LogP contribution in [0.4, 0.5) is 5.69 Å². The minimum Gasteiger partial charge on any atom is -0.378 e. The number of anilines is 1. The summed E-state index contributed by atoms with van der Waals surface area (Å²) in [5, 5.41) is 10.5. The number of nitrogens with one attached hydrogen (secondary N) is 2. The van der Waals surface area contributed by atoms with Crippen LogP contribution < -0.4 is 5.32 Å². The fraction of sp³-hybridized carbons (Fsp3) is 0.308. The molecule has 16 heavy (non-hydrogen) atoms. The van der Waals surface area contributed by atoms with Crippen LogP contribution in [0.15, 0.2) is 24.3 Å². The molecule has 0 bridgehead atoms. The second-order valence-corrected chi connectivity index (χ2v) is 4.15. The fourth-order valence-corrected chi connectivity index (χ4v) is 1.71. The van der Waals surface area contributed by atoms with E-state index in [0.717, 1.165) is 23.6 Å². The number of hydrogen-bond acceptors (Lipinski definition) is 2. The summed E-state index contributed by atoms with van der Waals surface area (Å²) in [6.45, 7) is 6.96. The Morgan fingerprint density at radius 2 is 1.81 bits per heavy atom. The number of hydrogen-bond donors (Lipinski definition) is 2. The van der Waals surface area contributed by atoms with E-state index in [2.05, 4.69) is 46.7 Å². The summed E-state index contributed by atoms with van der Waals surface area (Å²) in [5.74, 6) is 0. The lowest BCUT2D eigenvalue weighted by atomic mass is 10.1. The Kier molecular flexibility index (Phi) is 2.95. The molecule has 0 amide bonds. The zero-order chi connectivity index (χ0) is 11.5. The zero-order valence-electron chi connectivity index (χ0n) is 9.96. The molecule has 0 unspecified atom stereocenters. The molecule has 0 spiro atoms. The predicted octanol–water partition coefficient (Wildman–Crippen LogP) is 2.95. The van der Waals surface area contributed by atoms with Crippen molar-refractivity contribution in [1.29, 1.82) is 0 Å². The van der Waals surface area contributed by atoms with Crippen molar-refractivity contribution < 1.29 is 0 Å². The first-order chi connectivity index (χ1) is 7.66. The number of aromatic amines is 1. The molecular formula is C13H17N3. The number of aromatic nitrogens is 2. The van der Waals surface area contributed by atoms with Crippen molar-refractivity contribution in [3.8, 4) is 0 Å². The molecule has 0 saturated heterocycles. The number of aryl methyl sites for hydroxylation is 3. The van der Waals surface area contributed by atoms with E-state index in [0.29, 0.717) is 0 Å². The van der Waals surface area contributed by atoms with Crippen LogP contribution >= 0.6 is 0 Å². The van der Waals surface area contributed by atoms with Gasteiger partial charge in [0.2, 0.25) is 0 Å². The van der Waals surface area contributed by atoms with Gasteiger partial charge in [0.05, 0.1) is 17.1 Å². The summed E-state index contributed by atoms with van der Waals surface area (Å²) in [6, 6.07) is 8.55. The molecule has 1 aromatic heterocycles. The van der Waals surface area contributed by atoms with Gasteiger partial charge in [-0.25, -0.2) is 0 Å². The lowest BCUT2D eigenvalue weighted by molar-refractivity contribution is 1.02. The van der Waals surface area contributed by atoms with Crippen LogP contribution in [0.1, 0.15) is 22.5 Å². The minimum absolute atomic E-state index is 0.835. The molecule has 84 valence electrons. The Labute approximate surface area is 95.9 Å². The Bertz CT molecular complexity index is 449. The van der Waals surface area contributed by atoms with Gasteiger partial charge < -0.3 is 5.32 Å². The highest BCUT2D eigenvalue weighted by Gasteiger charge is 2.04. The first-order valence-electron chi connectivity index (χ1n) is 5.48. The molecule has 0 atom stereocenters. The standard InChI is InChI=1S/C13H17N3/c1-9-4-6-12(7-5-9)8-14-13-10(2)15-16-11(13)3/h4-7,14H,8H2,1-3H3,(H,15,16). The maximum Gasteiger partial charge on any atom is 0.0825 e. The van der Waals surface area contributed by atoms with E-state index >= 15 is 0 Å². The average Bonchev–Trinajstić information content (AvgIpc) is 2.59. The maximum atomic E-state index is 4.16. The zero-order valence-corrected chi connectivity index (χ0v) is 9.96. The van der Waals surface area contributed by atoms with Crippen LogP contribution in [-0.2, 0) is 6.54 Å². The van der Waals surface area contributed by atoms with Crippen molar-refractivity contribution in [2.24, 2.45) is 0 Å². The topological polar surface area (TPSA) is 40.7 Å². The summed E-state index contributed by atoms with van der Waals surface area (Å²) in [5.41, 5.74) is 5.79. The molecule has 3 nitrogen and oxygen atoms in total. The molecule has 2 N–H and O–H groups in total. The third-order valence-electron chi connectivity index (χ3n) is 2.72. The molecule has 2 aromatic rings. The summed E-state index contributed by atoms with van der Waals surface area (Å²) in [6.07, 6.45) is 0. The van der Waals surface area contributed by atoms with Crippen LogP contribution in [0.2, 0.25) is 0 Å². The van der Waals surface area contributed by atoms with E-state index in [-0.39, 0.29) is 0 Å². The van der Waals surface area contributed by atoms with E-state index < -0.39 is 0 Å². The van der Waals surface area contributed by atoms with Gasteiger partial charge in [-0.05, 0) is 26.3 Å². The molecule has 0 aliphatic carbocycles. The number of benzene rings is 1. The van der Waals surface area contributed by atoms with Gasteiger partial charge in [0.15, 0.2) is 0 Å². The summed E-state index contributed by atoms with van der Waals surface area (Å²) < 4.78 is 0. The van der Waals surface area contributed by atoms with Gasteiger partial charge in [-0.3, -0.25) is 5.10 Å². The van der Waals surface area contributed by atoms with Crippen LogP contribution in [0.3, 0.4) is 0 Å². The molecule has 0 aliphatic heterocycles. The summed E-state index contributed by atoms with van der Waals surface area (Å²) in [4.78, 5) is 0. The number of rotatable bonds is 3. The Hall–Kier alpha value is -1.77. The normalized spacial score (nSPS) is 10.4. The van der Waals surface area contributed by atoms with Gasteiger partial charge in [-0.1, -0.05) is 29.8 Å². The summed E-state index contributed by atoms with van der Waals surface area (Å²) in [7, 11) is 0. The van der Waals surface area contributed by atoms with Gasteiger partial charge in [0, 0.05) is 6.54 Å². The number of H-pyrrole nitrogens is 1. The van der Waals surface area contributed by atoms with Crippen molar-refractivity contribution >= 4 is 5.69 Å². The van der Waals surface area contributed by atoms with Crippen molar-refractivity contribution in [2.75, 3.05) is 5.32 Å². The van der Waals surface area contributed by atoms with Crippen molar-refractivity contribution in [2.45, 2.75) is 27.3 Å². The van der Waals surface area contributed by atoms with Gasteiger partial charge in [-0.15, -0.1) is 0 Å². The second-order valence-electron chi connectivity index (χ2n) is 4.15. The van der Waals surface area contributed by atoms with Crippen LogP contribution in [0, 0.1) is 20.8 Å². The molecular weight excluding hydrogens is 198 g/mol. The maximum absolute atomic E-state index is 4.16. The Balaban J connectivity index is 2.05. The SMILES string of the molecule is Cc1ccc(CNc2c(C)n[nH]c2C)cc1. The van der Waals surface area contributed by atoms with Gasteiger partial charge in [0.1, 0.15) is 0 Å². The molecule has 0 radical (unpaired) electrons. The van der Waals surface area contributed by atoms with Gasteiger partial charge in [0.25, 0.3) is 0 Å². The molecule has 3 heteroatoms. The monoisotopic (exact) mass is 215 g/mol. The highest BCUT2D eigenvalue weighted by Crippen LogP contribution is 2.17. The lowest BCUT2D eigenvalue weighted by Gasteiger charge is -2.06. The first-order valence-corrected chi connectivity index (χ1v) is 5.48. The fourth-order valence-electron chi connectivity index (χ4n) is 1.71. The molecule has 2 rings (SSSR count). The van der Waals surface area contributed by atoms with Crippen molar-refractivity contribution in [1.82, 2.24) is 10.2 Å². The molecule has 0 fully saturated rings. The van der Waals surface area contributed by atoms with Crippen molar-refractivity contribution in [3.63, 3.8) is 0 Å². The summed E-state index contributed by atoms with van der Waals surface area (Å²) >= 11 is 0. The van der Waals surface area contributed by atoms with Gasteiger partial charge in [-0.2, -0.15) is 5.10 Å². The first kappa shape index (κ1) is 10.7. The van der Waals surface area contributed by atoms with E-state index in [1.807, 2.05) is 13.8 Å².